The van der Waals surface area contributed by atoms with Gasteiger partial charge in [-0.3, -0.25) is 4.98 Å². The highest BCUT2D eigenvalue weighted by Gasteiger charge is 2.26. The Labute approximate surface area is 111 Å². The Morgan fingerprint density at radius 3 is 2.63 bits per heavy atom. The first-order valence-electron chi connectivity index (χ1n) is 6.24. The molecule has 0 aromatic carbocycles. The van der Waals surface area contributed by atoms with E-state index in [1.54, 1.807) is 12.4 Å². The van der Waals surface area contributed by atoms with Crippen molar-refractivity contribution in [2.75, 3.05) is 24.3 Å². The Hall–Kier alpha value is -1.46. The van der Waals surface area contributed by atoms with Crippen LogP contribution in [0, 0.1) is 0 Å². The van der Waals surface area contributed by atoms with E-state index in [9.17, 15) is 13.2 Å². The van der Waals surface area contributed by atoms with Crippen molar-refractivity contribution in [1.82, 2.24) is 4.98 Å². The van der Waals surface area contributed by atoms with Gasteiger partial charge in [0.25, 0.3) is 0 Å². The summed E-state index contributed by atoms with van der Waals surface area (Å²) in [4.78, 5) is 5.97. The van der Waals surface area contributed by atoms with E-state index in [2.05, 4.69) is 10.3 Å². The highest BCUT2D eigenvalue weighted by molar-refractivity contribution is 5.68. The first-order valence-corrected chi connectivity index (χ1v) is 6.24. The SMILES string of the molecule is CC(CCCC(F)(F)F)Nc1cnccc1N(C)C. The topological polar surface area (TPSA) is 28.2 Å². The van der Waals surface area contributed by atoms with Crippen molar-refractivity contribution in [2.45, 2.75) is 38.4 Å². The first-order chi connectivity index (χ1) is 8.79. The van der Waals surface area contributed by atoms with Crippen LogP contribution in [0.4, 0.5) is 24.5 Å². The maximum Gasteiger partial charge on any atom is 0.389 e. The summed E-state index contributed by atoms with van der Waals surface area (Å²) in [7, 11) is 3.82. The molecular weight excluding hydrogens is 255 g/mol. The van der Waals surface area contributed by atoms with Gasteiger partial charge in [-0.25, -0.2) is 0 Å². The Morgan fingerprint density at radius 2 is 2.05 bits per heavy atom. The van der Waals surface area contributed by atoms with Crippen molar-refractivity contribution in [3.05, 3.63) is 18.5 Å². The lowest BCUT2D eigenvalue weighted by Gasteiger charge is -2.21. The summed E-state index contributed by atoms with van der Waals surface area (Å²) < 4.78 is 36.2. The smallest absolute Gasteiger partial charge is 0.380 e. The van der Waals surface area contributed by atoms with Gasteiger partial charge in [0.1, 0.15) is 0 Å². The number of aromatic nitrogens is 1. The van der Waals surface area contributed by atoms with E-state index in [0.29, 0.717) is 6.42 Å². The van der Waals surface area contributed by atoms with Crippen molar-refractivity contribution < 1.29 is 13.2 Å². The molecule has 0 aliphatic carbocycles. The number of nitrogens with one attached hydrogen (secondary N) is 1. The molecule has 1 heterocycles. The molecule has 0 aliphatic rings. The van der Waals surface area contributed by atoms with Crippen molar-refractivity contribution in [2.24, 2.45) is 0 Å². The summed E-state index contributed by atoms with van der Waals surface area (Å²) >= 11 is 0. The van der Waals surface area contributed by atoms with Crippen LogP contribution in [-0.2, 0) is 0 Å². The second-order valence-electron chi connectivity index (χ2n) is 4.84. The van der Waals surface area contributed by atoms with E-state index < -0.39 is 12.6 Å². The Morgan fingerprint density at radius 1 is 1.37 bits per heavy atom. The van der Waals surface area contributed by atoms with Gasteiger partial charge in [0.15, 0.2) is 0 Å². The van der Waals surface area contributed by atoms with Crippen LogP contribution in [0.5, 0.6) is 0 Å². The standard InChI is InChI=1S/C13H20F3N3/c1-10(5-4-7-13(14,15)16)18-11-9-17-8-6-12(11)19(2)3/h6,8-10,18H,4-5,7H2,1-3H3. The summed E-state index contributed by atoms with van der Waals surface area (Å²) in [6.45, 7) is 1.88. The number of anilines is 2. The van der Waals surface area contributed by atoms with E-state index in [0.717, 1.165) is 11.4 Å². The van der Waals surface area contributed by atoms with Crippen LogP contribution in [0.1, 0.15) is 26.2 Å². The third kappa shape index (κ3) is 5.81. The summed E-state index contributed by atoms with van der Waals surface area (Å²) in [5.41, 5.74) is 1.81. The summed E-state index contributed by atoms with van der Waals surface area (Å²) in [5.74, 6) is 0. The number of hydrogen-bond acceptors (Lipinski definition) is 3. The normalized spacial score (nSPS) is 13.2. The largest absolute Gasteiger partial charge is 0.389 e. The van der Waals surface area contributed by atoms with Crippen LogP contribution < -0.4 is 10.2 Å². The Balaban J connectivity index is 2.51. The maximum atomic E-state index is 12.1. The third-order valence-corrected chi connectivity index (χ3v) is 2.78. The lowest BCUT2D eigenvalue weighted by atomic mass is 10.1. The van der Waals surface area contributed by atoms with Gasteiger partial charge in [0, 0.05) is 32.8 Å². The fraction of sp³-hybridized carbons (Fsp3) is 0.615. The number of nitrogens with zero attached hydrogens (tertiary/aromatic N) is 2. The van der Waals surface area contributed by atoms with Gasteiger partial charge in [-0.2, -0.15) is 13.2 Å². The highest BCUT2D eigenvalue weighted by Crippen LogP contribution is 2.25. The second kappa shape index (κ2) is 6.63. The van der Waals surface area contributed by atoms with E-state index in [1.165, 1.54) is 0 Å². The highest BCUT2D eigenvalue weighted by atomic mass is 19.4. The zero-order chi connectivity index (χ0) is 14.5. The summed E-state index contributed by atoms with van der Waals surface area (Å²) in [6, 6.07) is 1.84. The molecule has 0 saturated heterocycles. The lowest BCUT2D eigenvalue weighted by Crippen LogP contribution is -2.19. The molecule has 1 unspecified atom stereocenters. The molecule has 0 fully saturated rings. The van der Waals surface area contributed by atoms with Crippen LogP contribution in [0.3, 0.4) is 0 Å². The minimum absolute atomic E-state index is 0.0229. The van der Waals surface area contributed by atoms with Crippen molar-refractivity contribution in [3.63, 3.8) is 0 Å². The van der Waals surface area contributed by atoms with Crippen LogP contribution in [-0.4, -0.2) is 31.3 Å². The molecule has 0 amide bonds. The lowest BCUT2D eigenvalue weighted by molar-refractivity contribution is -0.135. The second-order valence-corrected chi connectivity index (χ2v) is 4.84. The molecule has 3 nitrogen and oxygen atoms in total. The minimum atomic E-state index is -4.07. The number of pyridine rings is 1. The average molecular weight is 275 g/mol. The van der Waals surface area contributed by atoms with Gasteiger partial charge >= 0.3 is 6.18 Å². The predicted octanol–water partition coefficient (Wildman–Crippen LogP) is 3.68. The molecule has 0 bridgehead atoms. The van der Waals surface area contributed by atoms with Crippen molar-refractivity contribution in [3.8, 4) is 0 Å². The van der Waals surface area contributed by atoms with Gasteiger partial charge in [-0.15, -0.1) is 0 Å². The maximum absolute atomic E-state index is 12.1. The molecule has 6 heteroatoms. The number of alkyl halides is 3. The minimum Gasteiger partial charge on any atom is -0.380 e. The van der Waals surface area contributed by atoms with E-state index in [1.807, 2.05) is 32.0 Å². The third-order valence-electron chi connectivity index (χ3n) is 2.78. The number of rotatable bonds is 6. The Bertz CT molecular complexity index is 391. The van der Waals surface area contributed by atoms with Crippen molar-refractivity contribution in [1.29, 1.82) is 0 Å². The monoisotopic (exact) mass is 275 g/mol. The van der Waals surface area contributed by atoms with Gasteiger partial charge in [-0.05, 0) is 25.8 Å². The zero-order valence-electron chi connectivity index (χ0n) is 11.5. The average Bonchev–Trinajstić information content (AvgIpc) is 2.27. The van der Waals surface area contributed by atoms with Crippen LogP contribution in [0.2, 0.25) is 0 Å². The molecule has 108 valence electrons. The molecule has 1 N–H and O–H groups in total. The van der Waals surface area contributed by atoms with Gasteiger partial charge < -0.3 is 10.2 Å². The van der Waals surface area contributed by atoms with E-state index in [4.69, 9.17) is 0 Å². The quantitative estimate of drug-likeness (QED) is 0.858. The summed E-state index contributed by atoms with van der Waals surface area (Å²) in [6.07, 6.45) is -0.809. The van der Waals surface area contributed by atoms with E-state index >= 15 is 0 Å². The van der Waals surface area contributed by atoms with E-state index in [-0.39, 0.29) is 12.5 Å². The molecule has 19 heavy (non-hydrogen) atoms. The molecular formula is C13H20F3N3. The molecule has 1 aromatic heterocycles. The molecule has 1 aromatic rings. The van der Waals surface area contributed by atoms with Gasteiger partial charge in [-0.1, -0.05) is 0 Å². The van der Waals surface area contributed by atoms with Crippen molar-refractivity contribution >= 4 is 11.4 Å². The van der Waals surface area contributed by atoms with Gasteiger partial charge in [0.05, 0.1) is 17.6 Å². The number of halogens is 3. The molecule has 1 rings (SSSR count). The first kappa shape index (κ1) is 15.6. The molecule has 1 atom stereocenters. The fourth-order valence-corrected chi connectivity index (χ4v) is 1.83. The molecule has 0 aliphatic heterocycles. The molecule has 0 saturated carbocycles. The van der Waals surface area contributed by atoms with Crippen LogP contribution in [0.25, 0.3) is 0 Å². The molecule has 0 spiro atoms. The Kier molecular flexibility index (Phi) is 5.44. The fourth-order valence-electron chi connectivity index (χ4n) is 1.83. The van der Waals surface area contributed by atoms with Crippen LogP contribution >= 0.6 is 0 Å². The van der Waals surface area contributed by atoms with Crippen LogP contribution in [0.15, 0.2) is 18.5 Å². The summed E-state index contributed by atoms with van der Waals surface area (Å²) in [5, 5.41) is 3.21. The predicted molar refractivity (Wildman–Crippen MR) is 71.6 cm³/mol. The molecule has 0 radical (unpaired) electrons. The zero-order valence-corrected chi connectivity index (χ0v) is 11.5. The van der Waals surface area contributed by atoms with Gasteiger partial charge in [0.2, 0.25) is 0 Å². The number of hydrogen-bond donors (Lipinski definition) is 1.